The molecule has 1 aromatic carbocycles. The van der Waals surface area contributed by atoms with Crippen molar-refractivity contribution < 1.29 is 22.8 Å². The van der Waals surface area contributed by atoms with Gasteiger partial charge in [0.15, 0.2) is 17.5 Å². The quantitative estimate of drug-likeness (QED) is 0.722. The lowest BCUT2D eigenvalue weighted by atomic mass is 9.86. The molecule has 3 atom stereocenters. The number of carbonyl (C=O) groups is 2. The maximum absolute atomic E-state index is 13.7. The van der Waals surface area contributed by atoms with Crippen molar-refractivity contribution in [3.63, 3.8) is 0 Å². The second-order valence-corrected chi connectivity index (χ2v) is 7.73. The highest BCUT2D eigenvalue weighted by Gasteiger charge is 2.40. The zero-order valence-corrected chi connectivity index (χ0v) is 15.4. The van der Waals surface area contributed by atoms with E-state index >= 15 is 0 Å². The third-order valence-electron chi connectivity index (χ3n) is 5.81. The molecular weight excluding hydrogens is 357 g/mol. The molecule has 2 fully saturated rings. The molecule has 0 aliphatic heterocycles. The van der Waals surface area contributed by atoms with Gasteiger partial charge in [-0.3, -0.25) is 9.59 Å². The average Bonchev–Trinajstić information content (AvgIpc) is 3.25. The van der Waals surface area contributed by atoms with Gasteiger partial charge >= 0.3 is 0 Å². The fourth-order valence-corrected chi connectivity index (χ4v) is 4.53. The molecule has 1 N–H and O–H groups in total. The van der Waals surface area contributed by atoms with Crippen molar-refractivity contribution in [1.82, 2.24) is 4.90 Å². The molecular formula is C20H25F3N2O2. The molecule has 1 aromatic rings. The van der Waals surface area contributed by atoms with Crippen LogP contribution in [-0.2, 0) is 9.59 Å². The summed E-state index contributed by atoms with van der Waals surface area (Å²) in [7, 11) is 0. The normalized spacial score (nSPS) is 23.5. The van der Waals surface area contributed by atoms with Crippen molar-refractivity contribution in [3.8, 4) is 0 Å². The lowest BCUT2D eigenvalue weighted by molar-refractivity contribution is -0.135. The molecule has 2 saturated carbocycles. The van der Waals surface area contributed by atoms with Crippen molar-refractivity contribution in [3.05, 3.63) is 29.6 Å². The smallest absolute Gasteiger partial charge is 0.244 e. The van der Waals surface area contributed by atoms with Crippen LogP contribution in [0.4, 0.5) is 18.9 Å². The number of hydrogen-bond donors (Lipinski definition) is 1. The lowest BCUT2D eigenvalue weighted by Crippen LogP contribution is -2.39. The summed E-state index contributed by atoms with van der Waals surface area (Å²) in [6.45, 7) is 2.10. The molecule has 3 rings (SSSR count). The van der Waals surface area contributed by atoms with E-state index in [9.17, 15) is 22.8 Å². The minimum absolute atomic E-state index is 0.0738. The van der Waals surface area contributed by atoms with Crippen LogP contribution in [0.5, 0.6) is 0 Å². The van der Waals surface area contributed by atoms with E-state index in [2.05, 4.69) is 5.32 Å². The first-order chi connectivity index (χ1) is 12.9. The molecule has 2 amide bonds. The maximum atomic E-state index is 13.7. The molecule has 3 unspecified atom stereocenters. The molecule has 2 aliphatic rings. The summed E-state index contributed by atoms with van der Waals surface area (Å²) in [6, 6.07) is 1.71. The Morgan fingerprint density at radius 3 is 2.56 bits per heavy atom. The van der Waals surface area contributed by atoms with Crippen LogP contribution in [0, 0.1) is 35.2 Å². The van der Waals surface area contributed by atoms with Crippen molar-refractivity contribution >= 4 is 17.5 Å². The number of amides is 2. The summed E-state index contributed by atoms with van der Waals surface area (Å²) in [6.07, 6.45) is 5.87. The first-order valence-electron chi connectivity index (χ1n) is 9.60. The van der Waals surface area contributed by atoms with E-state index in [4.69, 9.17) is 0 Å². The number of rotatable bonds is 7. The summed E-state index contributed by atoms with van der Waals surface area (Å²) >= 11 is 0. The Bertz CT molecular complexity index is 725. The number of nitrogens with zero attached hydrogens (tertiary/aromatic N) is 1. The minimum atomic E-state index is -1.63. The van der Waals surface area contributed by atoms with Crippen molar-refractivity contribution in [2.45, 2.75) is 45.4 Å². The Balaban J connectivity index is 1.59. The molecule has 7 heteroatoms. The highest BCUT2D eigenvalue weighted by Crippen LogP contribution is 2.49. The maximum Gasteiger partial charge on any atom is 0.244 e. The Kier molecular flexibility index (Phi) is 6.07. The molecule has 27 heavy (non-hydrogen) atoms. The van der Waals surface area contributed by atoms with E-state index < -0.39 is 29.0 Å². The largest absolute Gasteiger partial charge is 0.333 e. The van der Waals surface area contributed by atoms with E-state index in [-0.39, 0.29) is 12.5 Å². The number of anilines is 1. The van der Waals surface area contributed by atoms with Gasteiger partial charge in [-0.15, -0.1) is 0 Å². The molecule has 0 radical (unpaired) electrons. The minimum Gasteiger partial charge on any atom is -0.333 e. The fraction of sp³-hybridized carbons (Fsp3) is 0.600. The molecule has 0 saturated heterocycles. The summed E-state index contributed by atoms with van der Waals surface area (Å²) in [5, 5.41) is 2.23. The van der Waals surface area contributed by atoms with Crippen LogP contribution < -0.4 is 5.32 Å². The average molecular weight is 382 g/mol. The van der Waals surface area contributed by atoms with Crippen LogP contribution in [0.25, 0.3) is 0 Å². The van der Waals surface area contributed by atoms with Gasteiger partial charge in [0.1, 0.15) is 0 Å². The van der Waals surface area contributed by atoms with Crippen molar-refractivity contribution in [2.75, 3.05) is 18.4 Å². The highest BCUT2D eigenvalue weighted by molar-refractivity contribution is 5.94. The fourth-order valence-electron chi connectivity index (χ4n) is 4.53. The van der Waals surface area contributed by atoms with E-state index in [0.717, 1.165) is 24.5 Å². The number of benzene rings is 1. The molecule has 0 heterocycles. The van der Waals surface area contributed by atoms with Gasteiger partial charge in [0.2, 0.25) is 11.8 Å². The topological polar surface area (TPSA) is 49.4 Å². The summed E-state index contributed by atoms with van der Waals surface area (Å²) < 4.78 is 40.0. The van der Waals surface area contributed by atoms with Crippen LogP contribution >= 0.6 is 0 Å². The Morgan fingerprint density at radius 2 is 1.93 bits per heavy atom. The van der Waals surface area contributed by atoms with Gasteiger partial charge in [-0.1, -0.05) is 13.3 Å². The summed E-state index contributed by atoms with van der Waals surface area (Å²) in [4.78, 5) is 26.4. The van der Waals surface area contributed by atoms with Gasteiger partial charge in [0.05, 0.1) is 12.2 Å². The van der Waals surface area contributed by atoms with Crippen molar-refractivity contribution in [2.24, 2.45) is 17.8 Å². The molecule has 0 spiro atoms. The van der Waals surface area contributed by atoms with E-state index in [1.165, 1.54) is 24.2 Å². The van der Waals surface area contributed by atoms with Gasteiger partial charge in [0.25, 0.3) is 0 Å². The first-order valence-corrected chi connectivity index (χ1v) is 9.60. The van der Waals surface area contributed by atoms with Gasteiger partial charge in [-0.05, 0) is 55.6 Å². The van der Waals surface area contributed by atoms with Crippen LogP contribution in [0.2, 0.25) is 0 Å². The predicted octanol–water partition coefficient (Wildman–Crippen LogP) is 4.11. The Labute approximate surface area is 157 Å². The second kappa shape index (κ2) is 8.31. The first kappa shape index (κ1) is 19.7. The standard InChI is InChI=1S/C20H25F3N2O2/c1-2-7-25(18(27)10-14-9-12-3-4-13(14)8-12)11-17(26)24-16-6-5-15(21)19(22)20(16)23/h5-6,12-14H,2-4,7-11H2,1H3,(H,24,26). The zero-order chi connectivity index (χ0) is 19.6. The number of hydrogen-bond acceptors (Lipinski definition) is 2. The van der Waals surface area contributed by atoms with E-state index in [0.29, 0.717) is 31.2 Å². The highest BCUT2D eigenvalue weighted by atomic mass is 19.2. The van der Waals surface area contributed by atoms with Crippen LogP contribution in [0.1, 0.15) is 45.4 Å². The van der Waals surface area contributed by atoms with Gasteiger partial charge in [-0.25, -0.2) is 13.2 Å². The van der Waals surface area contributed by atoms with Crippen LogP contribution in [0.15, 0.2) is 12.1 Å². The van der Waals surface area contributed by atoms with Crippen LogP contribution in [-0.4, -0.2) is 29.8 Å². The number of nitrogens with one attached hydrogen (secondary N) is 1. The van der Waals surface area contributed by atoms with Crippen LogP contribution in [0.3, 0.4) is 0 Å². The monoisotopic (exact) mass is 382 g/mol. The van der Waals surface area contributed by atoms with E-state index in [1.807, 2.05) is 6.92 Å². The molecule has 148 valence electrons. The van der Waals surface area contributed by atoms with Gasteiger partial charge in [-0.2, -0.15) is 0 Å². The number of fused-ring (bicyclic) bond motifs is 2. The Morgan fingerprint density at radius 1 is 1.15 bits per heavy atom. The molecule has 2 bridgehead atoms. The number of halogens is 3. The summed E-state index contributed by atoms with van der Waals surface area (Å²) in [5.74, 6) is -3.35. The Hall–Kier alpha value is -2.05. The third kappa shape index (κ3) is 4.45. The van der Waals surface area contributed by atoms with Gasteiger partial charge in [0, 0.05) is 13.0 Å². The lowest BCUT2D eigenvalue weighted by Gasteiger charge is -2.26. The molecule has 0 aromatic heterocycles. The molecule has 4 nitrogen and oxygen atoms in total. The van der Waals surface area contributed by atoms with Gasteiger partial charge < -0.3 is 10.2 Å². The van der Waals surface area contributed by atoms with Crippen molar-refractivity contribution in [1.29, 1.82) is 0 Å². The predicted molar refractivity (Wildman–Crippen MR) is 95.4 cm³/mol. The second-order valence-electron chi connectivity index (χ2n) is 7.73. The number of carbonyl (C=O) groups excluding carboxylic acids is 2. The summed E-state index contributed by atoms with van der Waals surface area (Å²) in [5.41, 5.74) is -0.434. The third-order valence-corrected chi connectivity index (χ3v) is 5.81. The van der Waals surface area contributed by atoms with E-state index in [1.54, 1.807) is 0 Å². The molecule has 2 aliphatic carbocycles. The zero-order valence-electron chi connectivity index (χ0n) is 15.4. The SMILES string of the molecule is CCCN(CC(=O)Nc1ccc(F)c(F)c1F)C(=O)CC1CC2CCC1C2.